The van der Waals surface area contributed by atoms with Gasteiger partial charge in [0.15, 0.2) is 0 Å². The number of nitrogens with zero attached hydrogens (tertiary/aromatic N) is 3. The average molecular weight is 326 g/mol. The lowest BCUT2D eigenvalue weighted by molar-refractivity contribution is 0.0761. The van der Waals surface area contributed by atoms with E-state index >= 15 is 0 Å². The van der Waals surface area contributed by atoms with Gasteiger partial charge >= 0.3 is 0 Å². The van der Waals surface area contributed by atoms with E-state index in [1.54, 1.807) is 18.7 Å². The molecule has 0 aromatic carbocycles. The average Bonchev–Trinajstić information content (AvgIpc) is 2.85. The molecule has 24 heavy (non-hydrogen) atoms. The Labute approximate surface area is 141 Å². The van der Waals surface area contributed by atoms with E-state index in [2.05, 4.69) is 15.3 Å². The van der Waals surface area contributed by atoms with Gasteiger partial charge < -0.3 is 14.6 Å². The van der Waals surface area contributed by atoms with Gasteiger partial charge in [0, 0.05) is 31.1 Å². The van der Waals surface area contributed by atoms with Crippen molar-refractivity contribution in [3.63, 3.8) is 0 Å². The first-order chi connectivity index (χ1) is 11.7. The SMILES string of the molecule is Cc1occc1C(=O)N1CCc2ncnc(NC3CCC3)c2CC1. The van der Waals surface area contributed by atoms with Crippen LogP contribution in [0.1, 0.15) is 46.6 Å². The van der Waals surface area contributed by atoms with E-state index in [0.717, 1.165) is 24.4 Å². The van der Waals surface area contributed by atoms with Gasteiger partial charge in [0.25, 0.3) is 5.91 Å². The van der Waals surface area contributed by atoms with E-state index in [1.807, 2.05) is 11.8 Å². The molecule has 0 saturated heterocycles. The molecular formula is C18H22N4O2. The summed E-state index contributed by atoms with van der Waals surface area (Å²) in [7, 11) is 0. The molecule has 1 fully saturated rings. The van der Waals surface area contributed by atoms with E-state index in [9.17, 15) is 4.79 Å². The first-order valence-corrected chi connectivity index (χ1v) is 8.65. The summed E-state index contributed by atoms with van der Waals surface area (Å²) >= 11 is 0. The highest BCUT2D eigenvalue weighted by Gasteiger charge is 2.25. The standard InChI is InChI=1S/C18H22N4O2/c1-12-14(7-10-24-12)18(23)22-8-5-15-16(6-9-22)19-11-20-17(15)21-13-3-2-4-13/h7,10-11,13H,2-6,8-9H2,1H3,(H,19,20,21). The quantitative estimate of drug-likeness (QED) is 0.938. The first-order valence-electron chi connectivity index (χ1n) is 8.65. The van der Waals surface area contributed by atoms with Crippen LogP contribution in [0, 0.1) is 6.92 Å². The Balaban J connectivity index is 1.52. The second-order valence-corrected chi connectivity index (χ2v) is 6.60. The van der Waals surface area contributed by atoms with E-state index in [-0.39, 0.29) is 5.91 Å². The Bertz CT molecular complexity index is 751. The fraction of sp³-hybridized carbons (Fsp3) is 0.500. The molecule has 6 heteroatoms. The van der Waals surface area contributed by atoms with Crippen LogP contribution in [0.25, 0.3) is 0 Å². The molecule has 0 unspecified atom stereocenters. The van der Waals surface area contributed by atoms with Crippen molar-refractivity contribution < 1.29 is 9.21 Å². The zero-order valence-electron chi connectivity index (χ0n) is 13.9. The lowest BCUT2D eigenvalue weighted by atomic mass is 9.93. The summed E-state index contributed by atoms with van der Waals surface area (Å²) in [4.78, 5) is 23.5. The molecule has 1 N–H and O–H groups in total. The van der Waals surface area contributed by atoms with Crippen molar-refractivity contribution in [1.82, 2.24) is 14.9 Å². The van der Waals surface area contributed by atoms with Crippen LogP contribution < -0.4 is 5.32 Å². The summed E-state index contributed by atoms with van der Waals surface area (Å²) in [6, 6.07) is 2.29. The molecule has 2 aliphatic rings. The number of fused-ring (bicyclic) bond motifs is 1. The third kappa shape index (κ3) is 2.77. The van der Waals surface area contributed by atoms with Gasteiger partial charge in [0.2, 0.25) is 0 Å². The first kappa shape index (κ1) is 15.2. The summed E-state index contributed by atoms with van der Waals surface area (Å²) in [5, 5.41) is 3.55. The lowest BCUT2D eigenvalue weighted by Crippen LogP contribution is -2.33. The van der Waals surface area contributed by atoms with Crippen molar-refractivity contribution in [2.45, 2.75) is 45.1 Å². The van der Waals surface area contributed by atoms with Gasteiger partial charge in [-0.25, -0.2) is 9.97 Å². The minimum Gasteiger partial charge on any atom is -0.469 e. The highest BCUT2D eigenvalue weighted by atomic mass is 16.3. The number of furan rings is 1. The number of aromatic nitrogens is 2. The van der Waals surface area contributed by atoms with Crippen LogP contribution in [0.3, 0.4) is 0 Å². The van der Waals surface area contributed by atoms with Crippen molar-refractivity contribution in [2.75, 3.05) is 18.4 Å². The number of carbonyl (C=O) groups is 1. The van der Waals surface area contributed by atoms with Gasteiger partial charge in [-0.05, 0) is 38.7 Å². The van der Waals surface area contributed by atoms with Crippen molar-refractivity contribution in [3.05, 3.63) is 41.2 Å². The molecule has 0 atom stereocenters. The van der Waals surface area contributed by atoms with Gasteiger partial charge in [-0.1, -0.05) is 0 Å². The summed E-state index contributed by atoms with van der Waals surface area (Å²) in [6.45, 7) is 3.19. The highest BCUT2D eigenvalue weighted by Crippen LogP contribution is 2.27. The predicted molar refractivity (Wildman–Crippen MR) is 90.1 cm³/mol. The molecule has 4 rings (SSSR count). The molecule has 1 saturated carbocycles. The number of carbonyl (C=O) groups excluding carboxylic acids is 1. The third-order valence-corrected chi connectivity index (χ3v) is 5.11. The number of anilines is 1. The highest BCUT2D eigenvalue weighted by molar-refractivity contribution is 5.95. The third-order valence-electron chi connectivity index (χ3n) is 5.11. The maximum atomic E-state index is 12.7. The molecular weight excluding hydrogens is 304 g/mol. The molecule has 2 aromatic heterocycles. The normalized spacial score (nSPS) is 17.8. The summed E-state index contributed by atoms with van der Waals surface area (Å²) in [6.07, 6.45) is 8.47. The molecule has 1 aliphatic heterocycles. The van der Waals surface area contributed by atoms with Crippen LogP contribution in [0.5, 0.6) is 0 Å². The summed E-state index contributed by atoms with van der Waals surface area (Å²) < 4.78 is 5.27. The largest absolute Gasteiger partial charge is 0.469 e. The van der Waals surface area contributed by atoms with Crippen molar-refractivity contribution in [2.24, 2.45) is 0 Å². The number of hydrogen-bond donors (Lipinski definition) is 1. The van der Waals surface area contributed by atoms with E-state index < -0.39 is 0 Å². The number of hydrogen-bond acceptors (Lipinski definition) is 5. The van der Waals surface area contributed by atoms with Crippen molar-refractivity contribution >= 4 is 11.7 Å². The van der Waals surface area contributed by atoms with Crippen LogP contribution in [0.2, 0.25) is 0 Å². The lowest BCUT2D eigenvalue weighted by Gasteiger charge is -2.28. The molecule has 2 aromatic rings. The van der Waals surface area contributed by atoms with Crippen LogP contribution in [-0.4, -0.2) is 39.9 Å². The van der Waals surface area contributed by atoms with Gasteiger partial charge in [0.1, 0.15) is 17.9 Å². The molecule has 3 heterocycles. The Morgan fingerprint density at radius 1 is 1.29 bits per heavy atom. The molecule has 0 spiro atoms. The molecule has 6 nitrogen and oxygen atoms in total. The molecule has 126 valence electrons. The molecule has 0 radical (unpaired) electrons. The van der Waals surface area contributed by atoms with E-state index in [0.29, 0.717) is 30.5 Å². The molecule has 1 amide bonds. The van der Waals surface area contributed by atoms with Crippen LogP contribution in [0.4, 0.5) is 5.82 Å². The Hall–Kier alpha value is -2.37. The second-order valence-electron chi connectivity index (χ2n) is 6.60. The number of nitrogens with one attached hydrogen (secondary N) is 1. The Morgan fingerprint density at radius 2 is 2.12 bits per heavy atom. The van der Waals surface area contributed by atoms with Crippen LogP contribution in [-0.2, 0) is 12.8 Å². The minimum atomic E-state index is 0.0375. The van der Waals surface area contributed by atoms with Crippen LogP contribution in [0.15, 0.2) is 23.1 Å². The maximum absolute atomic E-state index is 12.7. The smallest absolute Gasteiger partial charge is 0.257 e. The van der Waals surface area contributed by atoms with Crippen molar-refractivity contribution in [3.8, 4) is 0 Å². The number of rotatable bonds is 3. The van der Waals surface area contributed by atoms with Gasteiger partial charge in [-0.3, -0.25) is 4.79 Å². The fourth-order valence-electron chi connectivity index (χ4n) is 3.38. The fourth-order valence-corrected chi connectivity index (χ4v) is 3.38. The van der Waals surface area contributed by atoms with Gasteiger partial charge in [-0.2, -0.15) is 0 Å². The van der Waals surface area contributed by atoms with Gasteiger partial charge in [0.05, 0.1) is 17.5 Å². The van der Waals surface area contributed by atoms with E-state index in [4.69, 9.17) is 4.42 Å². The number of amides is 1. The number of aryl methyl sites for hydroxylation is 1. The zero-order chi connectivity index (χ0) is 16.5. The molecule has 0 bridgehead atoms. The predicted octanol–water partition coefficient (Wildman–Crippen LogP) is 2.58. The van der Waals surface area contributed by atoms with Crippen molar-refractivity contribution in [1.29, 1.82) is 0 Å². The van der Waals surface area contributed by atoms with E-state index in [1.165, 1.54) is 24.8 Å². The maximum Gasteiger partial charge on any atom is 0.257 e. The Kier molecular flexibility index (Phi) is 3.96. The summed E-state index contributed by atoms with van der Waals surface area (Å²) in [5.41, 5.74) is 2.88. The zero-order valence-corrected chi connectivity index (χ0v) is 13.9. The topological polar surface area (TPSA) is 71.3 Å². The van der Waals surface area contributed by atoms with Crippen LogP contribution >= 0.6 is 0 Å². The monoisotopic (exact) mass is 326 g/mol. The summed E-state index contributed by atoms with van der Waals surface area (Å²) in [5.74, 6) is 1.67. The Morgan fingerprint density at radius 3 is 2.83 bits per heavy atom. The second kappa shape index (κ2) is 6.26. The van der Waals surface area contributed by atoms with Gasteiger partial charge in [-0.15, -0.1) is 0 Å². The molecule has 1 aliphatic carbocycles. The minimum absolute atomic E-state index is 0.0375.